The minimum atomic E-state index is -0.399. The number of anilines is 1. The zero-order valence-electron chi connectivity index (χ0n) is 17.1. The SMILES string of the molecule is COc1cc(C=NNC(=O)Cn2nnc(N3CCOCC3)n2)ccc1OC(=O)C1CC1. The number of amides is 1. The van der Waals surface area contributed by atoms with Crippen molar-refractivity contribution in [3.63, 3.8) is 0 Å². The first-order valence-electron chi connectivity index (χ1n) is 9.94. The van der Waals surface area contributed by atoms with Gasteiger partial charge in [0.15, 0.2) is 11.5 Å². The fourth-order valence-electron chi connectivity index (χ4n) is 2.89. The van der Waals surface area contributed by atoms with E-state index in [0.29, 0.717) is 49.3 Å². The van der Waals surface area contributed by atoms with Crippen LogP contribution in [0, 0.1) is 5.92 Å². The highest BCUT2D eigenvalue weighted by Gasteiger charge is 2.32. The second-order valence-corrected chi connectivity index (χ2v) is 7.12. The van der Waals surface area contributed by atoms with Crippen molar-refractivity contribution >= 4 is 24.0 Å². The molecule has 1 aliphatic heterocycles. The van der Waals surface area contributed by atoms with Crippen LogP contribution in [-0.2, 0) is 20.9 Å². The number of hydrogen-bond acceptors (Lipinski definition) is 10. The van der Waals surface area contributed by atoms with E-state index in [1.165, 1.54) is 18.1 Å². The number of methoxy groups -OCH3 is 1. The van der Waals surface area contributed by atoms with E-state index in [9.17, 15) is 9.59 Å². The molecule has 1 N–H and O–H groups in total. The summed E-state index contributed by atoms with van der Waals surface area (Å²) in [7, 11) is 1.49. The number of carbonyl (C=O) groups is 2. The lowest BCUT2D eigenvalue weighted by Crippen LogP contribution is -2.37. The lowest BCUT2D eigenvalue weighted by Gasteiger charge is -2.24. The van der Waals surface area contributed by atoms with Gasteiger partial charge in [0.2, 0.25) is 0 Å². The van der Waals surface area contributed by atoms with Crippen LogP contribution in [0.25, 0.3) is 0 Å². The molecule has 1 aliphatic carbocycles. The van der Waals surface area contributed by atoms with E-state index in [4.69, 9.17) is 14.2 Å². The Balaban J connectivity index is 1.29. The van der Waals surface area contributed by atoms with Gasteiger partial charge < -0.3 is 19.1 Å². The third kappa shape index (κ3) is 5.54. The lowest BCUT2D eigenvalue weighted by atomic mass is 10.2. The van der Waals surface area contributed by atoms with Crippen LogP contribution in [0.3, 0.4) is 0 Å². The second kappa shape index (κ2) is 9.51. The summed E-state index contributed by atoms with van der Waals surface area (Å²) >= 11 is 0. The Hall–Kier alpha value is -3.54. The van der Waals surface area contributed by atoms with E-state index in [0.717, 1.165) is 12.8 Å². The van der Waals surface area contributed by atoms with E-state index in [1.807, 2.05) is 4.90 Å². The van der Waals surface area contributed by atoms with Crippen molar-refractivity contribution in [2.45, 2.75) is 19.4 Å². The molecule has 2 aromatic rings. The summed E-state index contributed by atoms with van der Waals surface area (Å²) in [4.78, 5) is 27.1. The molecule has 12 nitrogen and oxygen atoms in total. The van der Waals surface area contributed by atoms with E-state index in [1.54, 1.807) is 18.2 Å². The van der Waals surface area contributed by atoms with Crippen LogP contribution in [0.15, 0.2) is 23.3 Å². The maximum Gasteiger partial charge on any atom is 0.314 e. The van der Waals surface area contributed by atoms with Crippen LogP contribution in [-0.4, -0.2) is 71.7 Å². The molecule has 1 saturated heterocycles. The number of benzene rings is 1. The number of ether oxygens (including phenoxy) is 3. The maximum atomic E-state index is 12.1. The van der Waals surface area contributed by atoms with Gasteiger partial charge in [-0.05, 0) is 41.8 Å². The van der Waals surface area contributed by atoms with Gasteiger partial charge in [-0.1, -0.05) is 5.10 Å². The van der Waals surface area contributed by atoms with Crippen molar-refractivity contribution in [1.29, 1.82) is 0 Å². The van der Waals surface area contributed by atoms with Crippen molar-refractivity contribution < 1.29 is 23.8 Å². The molecular formula is C19H23N7O5. The normalized spacial score (nSPS) is 16.4. The Morgan fingerprint density at radius 1 is 1.29 bits per heavy atom. The van der Waals surface area contributed by atoms with Gasteiger partial charge in [0.1, 0.15) is 6.54 Å². The standard InChI is InChI=1S/C19H23N7O5/c1-29-16-10-13(2-5-15(16)31-18(28)14-3-4-14)11-20-21-17(27)12-26-23-19(22-24-26)25-6-8-30-9-7-25/h2,5,10-11,14H,3-4,6-9,12H2,1H3,(H,21,27). The van der Waals surface area contributed by atoms with E-state index < -0.39 is 5.91 Å². The summed E-state index contributed by atoms with van der Waals surface area (Å²) in [5.41, 5.74) is 3.08. The van der Waals surface area contributed by atoms with Crippen LogP contribution in [0.2, 0.25) is 0 Å². The minimum absolute atomic E-state index is 0.00872. The molecule has 12 heteroatoms. The molecule has 2 aliphatic rings. The fourth-order valence-corrected chi connectivity index (χ4v) is 2.89. The molecule has 0 atom stereocenters. The van der Waals surface area contributed by atoms with E-state index >= 15 is 0 Å². The highest BCUT2D eigenvalue weighted by atomic mass is 16.6. The Morgan fingerprint density at radius 2 is 2.10 bits per heavy atom. The number of hydrazone groups is 1. The van der Waals surface area contributed by atoms with Gasteiger partial charge in [-0.15, -0.1) is 5.10 Å². The van der Waals surface area contributed by atoms with Crippen molar-refractivity contribution in [3.05, 3.63) is 23.8 Å². The zero-order chi connectivity index (χ0) is 21.6. The topological polar surface area (TPSA) is 133 Å². The number of tetrazole rings is 1. The lowest BCUT2D eigenvalue weighted by molar-refractivity contribution is -0.135. The number of morpholine rings is 1. The Labute approximate surface area is 178 Å². The van der Waals surface area contributed by atoms with Crippen molar-refractivity contribution in [2.75, 3.05) is 38.3 Å². The third-order valence-corrected chi connectivity index (χ3v) is 4.73. The summed E-state index contributed by atoms with van der Waals surface area (Å²) < 4.78 is 15.9. The average Bonchev–Trinajstić information content (AvgIpc) is 3.54. The predicted octanol–water partition coefficient (Wildman–Crippen LogP) is -0.0160. The maximum absolute atomic E-state index is 12.1. The molecule has 0 spiro atoms. The average molecular weight is 429 g/mol. The largest absolute Gasteiger partial charge is 0.493 e. The number of carbonyl (C=O) groups excluding carboxylic acids is 2. The molecule has 0 radical (unpaired) electrons. The van der Waals surface area contributed by atoms with Crippen LogP contribution in [0.1, 0.15) is 18.4 Å². The van der Waals surface area contributed by atoms with Gasteiger partial charge >= 0.3 is 5.97 Å². The Kier molecular flexibility index (Phi) is 6.36. The summed E-state index contributed by atoms with van der Waals surface area (Å²) in [6, 6.07) is 5.01. The molecule has 0 bridgehead atoms. The monoisotopic (exact) mass is 429 g/mol. The molecule has 1 saturated carbocycles. The quantitative estimate of drug-likeness (QED) is 0.266. The molecule has 1 aromatic heterocycles. The first-order valence-corrected chi connectivity index (χ1v) is 9.94. The molecule has 2 fully saturated rings. The van der Waals surface area contributed by atoms with Crippen LogP contribution in [0.4, 0.5) is 5.95 Å². The molecule has 0 unspecified atom stereocenters. The smallest absolute Gasteiger partial charge is 0.314 e. The second-order valence-electron chi connectivity index (χ2n) is 7.12. The van der Waals surface area contributed by atoms with Gasteiger partial charge in [0, 0.05) is 13.1 Å². The van der Waals surface area contributed by atoms with Gasteiger partial charge in [-0.3, -0.25) is 9.59 Å². The molecular weight excluding hydrogens is 406 g/mol. The van der Waals surface area contributed by atoms with Gasteiger partial charge in [0.25, 0.3) is 11.9 Å². The molecule has 4 rings (SSSR count). The number of hydrogen-bond donors (Lipinski definition) is 1. The molecule has 1 aromatic carbocycles. The highest BCUT2D eigenvalue weighted by molar-refractivity contribution is 5.84. The summed E-state index contributed by atoms with van der Waals surface area (Å²) in [5, 5.41) is 16.0. The van der Waals surface area contributed by atoms with Gasteiger partial charge in [-0.25, -0.2) is 5.43 Å². The van der Waals surface area contributed by atoms with Gasteiger partial charge in [-0.2, -0.15) is 9.90 Å². The summed E-state index contributed by atoms with van der Waals surface area (Å²) in [5.74, 6) is 0.579. The minimum Gasteiger partial charge on any atom is -0.493 e. The number of rotatable bonds is 8. The summed E-state index contributed by atoms with van der Waals surface area (Å²) in [6.45, 7) is 2.47. The number of nitrogens with zero attached hydrogens (tertiary/aromatic N) is 6. The first-order chi connectivity index (χ1) is 15.1. The number of esters is 1. The fraction of sp³-hybridized carbons (Fsp3) is 0.474. The Morgan fingerprint density at radius 3 is 2.84 bits per heavy atom. The highest BCUT2D eigenvalue weighted by Crippen LogP contribution is 2.34. The van der Waals surface area contributed by atoms with E-state index in [2.05, 4.69) is 25.9 Å². The van der Waals surface area contributed by atoms with Crippen LogP contribution >= 0.6 is 0 Å². The molecule has 2 heterocycles. The van der Waals surface area contributed by atoms with Gasteiger partial charge in [0.05, 0.1) is 32.5 Å². The van der Waals surface area contributed by atoms with Crippen molar-refractivity contribution in [2.24, 2.45) is 11.0 Å². The predicted molar refractivity (Wildman–Crippen MR) is 108 cm³/mol. The molecule has 1 amide bonds. The Bertz CT molecular complexity index is 966. The first kappa shape index (κ1) is 20.7. The number of aromatic nitrogens is 4. The number of nitrogens with one attached hydrogen (secondary N) is 1. The van der Waals surface area contributed by atoms with Crippen molar-refractivity contribution in [3.8, 4) is 11.5 Å². The molecule has 31 heavy (non-hydrogen) atoms. The van der Waals surface area contributed by atoms with E-state index in [-0.39, 0.29) is 18.4 Å². The third-order valence-electron chi connectivity index (χ3n) is 4.73. The van der Waals surface area contributed by atoms with Crippen LogP contribution in [0.5, 0.6) is 11.5 Å². The summed E-state index contributed by atoms with van der Waals surface area (Å²) in [6.07, 6.45) is 3.19. The van der Waals surface area contributed by atoms with Crippen LogP contribution < -0.4 is 19.8 Å². The van der Waals surface area contributed by atoms with Crippen molar-refractivity contribution in [1.82, 2.24) is 25.6 Å². The molecule has 164 valence electrons. The zero-order valence-corrected chi connectivity index (χ0v) is 17.1.